The van der Waals surface area contributed by atoms with Gasteiger partial charge in [0.1, 0.15) is 5.78 Å². The van der Waals surface area contributed by atoms with E-state index < -0.39 is 0 Å². The van der Waals surface area contributed by atoms with E-state index in [1.807, 2.05) is 0 Å². The van der Waals surface area contributed by atoms with E-state index in [0.717, 1.165) is 31.6 Å². The zero-order valence-electron chi connectivity index (χ0n) is 12.3. The molecule has 18 heavy (non-hydrogen) atoms. The lowest BCUT2D eigenvalue weighted by Gasteiger charge is -2.37. The van der Waals surface area contributed by atoms with E-state index in [2.05, 4.69) is 13.8 Å². The van der Waals surface area contributed by atoms with Gasteiger partial charge in [-0.15, -0.1) is 0 Å². The van der Waals surface area contributed by atoms with Crippen LogP contribution in [0.25, 0.3) is 0 Å². The molecule has 0 heterocycles. The van der Waals surface area contributed by atoms with Crippen LogP contribution in [0.4, 0.5) is 0 Å². The van der Waals surface area contributed by atoms with Crippen LogP contribution in [0.1, 0.15) is 78.1 Å². The number of nitrogens with two attached hydrogens (primary N) is 1. The Morgan fingerprint density at radius 2 is 1.78 bits per heavy atom. The molecule has 2 heteroatoms. The largest absolute Gasteiger partial charge is 0.329 e. The van der Waals surface area contributed by atoms with Gasteiger partial charge in [0.25, 0.3) is 0 Å². The van der Waals surface area contributed by atoms with Gasteiger partial charge in [-0.2, -0.15) is 0 Å². The van der Waals surface area contributed by atoms with Crippen molar-refractivity contribution >= 4 is 5.78 Å². The summed E-state index contributed by atoms with van der Waals surface area (Å²) in [6.07, 6.45) is 11.3. The highest BCUT2D eigenvalue weighted by Crippen LogP contribution is 2.39. The third kappa shape index (κ3) is 4.38. The van der Waals surface area contributed by atoms with Crippen LogP contribution in [0, 0.1) is 11.3 Å². The van der Waals surface area contributed by atoms with Crippen LogP contribution in [-0.2, 0) is 4.79 Å². The predicted molar refractivity (Wildman–Crippen MR) is 77.5 cm³/mol. The molecule has 0 spiro atoms. The first-order valence-corrected chi connectivity index (χ1v) is 7.88. The maximum atomic E-state index is 12.4. The first kappa shape index (κ1) is 15.7. The molecule has 1 rings (SSSR count). The van der Waals surface area contributed by atoms with Gasteiger partial charge in [0.2, 0.25) is 0 Å². The molecule has 1 aliphatic carbocycles. The van der Waals surface area contributed by atoms with Crippen molar-refractivity contribution in [2.24, 2.45) is 17.1 Å². The minimum absolute atomic E-state index is 0.155. The molecule has 0 aliphatic heterocycles. The Morgan fingerprint density at radius 3 is 2.33 bits per heavy atom. The zero-order chi connectivity index (χ0) is 13.4. The van der Waals surface area contributed by atoms with E-state index >= 15 is 0 Å². The lowest BCUT2D eigenvalue weighted by molar-refractivity contribution is -0.130. The van der Waals surface area contributed by atoms with Gasteiger partial charge in [0.15, 0.2) is 0 Å². The smallest absolute Gasteiger partial charge is 0.140 e. The topological polar surface area (TPSA) is 43.1 Å². The molecule has 1 saturated carbocycles. The summed E-state index contributed by atoms with van der Waals surface area (Å²) in [4.78, 5) is 12.4. The second-order valence-corrected chi connectivity index (χ2v) is 6.25. The summed E-state index contributed by atoms with van der Waals surface area (Å²) in [6, 6.07) is 0. The summed E-state index contributed by atoms with van der Waals surface area (Å²) in [7, 11) is 0. The molecule has 0 aromatic rings. The summed E-state index contributed by atoms with van der Waals surface area (Å²) >= 11 is 0. The standard InChI is InChI=1S/C16H31NO/c1-3-4-5-6-7-8-15(18)16(13-17)11-9-14(2)10-12-16/h14H,3-13,17H2,1-2H3. The average molecular weight is 253 g/mol. The fraction of sp³-hybridized carbons (Fsp3) is 0.938. The Labute approximate surface area is 113 Å². The normalized spacial score (nSPS) is 28.3. The van der Waals surface area contributed by atoms with Crippen molar-refractivity contribution in [2.75, 3.05) is 6.54 Å². The maximum absolute atomic E-state index is 12.4. The highest BCUT2D eigenvalue weighted by molar-refractivity contribution is 5.85. The van der Waals surface area contributed by atoms with Crippen molar-refractivity contribution in [2.45, 2.75) is 78.1 Å². The molecule has 0 radical (unpaired) electrons. The van der Waals surface area contributed by atoms with Crippen molar-refractivity contribution < 1.29 is 4.79 Å². The van der Waals surface area contributed by atoms with Crippen LogP contribution >= 0.6 is 0 Å². The van der Waals surface area contributed by atoms with E-state index in [0.29, 0.717) is 12.3 Å². The number of carbonyl (C=O) groups is 1. The zero-order valence-corrected chi connectivity index (χ0v) is 12.3. The lowest BCUT2D eigenvalue weighted by Crippen LogP contribution is -2.41. The Kier molecular flexibility index (Phi) is 6.91. The van der Waals surface area contributed by atoms with Crippen molar-refractivity contribution in [3.63, 3.8) is 0 Å². The van der Waals surface area contributed by atoms with Crippen molar-refractivity contribution in [3.05, 3.63) is 0 Å². The third-order valence-corrected chi connectivity index (χ3v) is 4.72. The molecular formula is C16H31NO. The quantitative estimate of drug-likeness (QED) is 0.663. The lowest BCUT2D eigenvalue weighted by atomic mass is 9.67. The summed E-state index contributed by atoms with van der Waals surface area (Å²) < 4.78 is 0. The molecular weight excluding hydrogens is 222 g/mol. The van der Waals surface area contributed by atoms with E-state index in [9.17, 15) is 4.79 Å². The summed E-state index contributed by atoms with van der Waals surface area (Å²) in [5.74, 6) is 1.23. The Morgan fingerprint density at radius 1 is 1.17 bits per heavy atom. The van der Waals surface area contributed by atoms with Gasteiger partial charge in [-0.05, 0) is 38.0 Å². The fourth-order valence-corrected chi connectivity index (χ4v) is 3.07. The summed E-state index contributed by atoms with van der Waals surface area (Å²) in [6.45, 7) is 5.07. The third-order valence-electron chi connectivity index (χ3n) is 4.72. The predicted octanol–water partition coefficient (Wildman–Crippen LogP) is 4.07. The molecule has 2 N–H and O–H groups in total. The number of ketones is 1. The van der Waals surface area contributed by atoms with Crippen LogP contribution in [0.3, 0.4) is 0 Å². The monoisotopic (exact) mass is 253 g/mol. The first-order valence-electron chi connectivity index (χ1n) is 7.88. The minimum Gasteiger partial charge on any atom is -0.329 e. The molecule has 0 atom stereocenters. The highest BCUT2D eigenvalue weighted by atomic mass is 16.1. The molecule has 1 fully saturated rings. The van der Waals surface area contributed by atoms with Crippen LogP contribution in [0.2, 0.25) is 0 Å². The van der Waals surface area contributed by atoms with E-state index in [4.69, 9.17) is 5.73 Å². The Hall–Kier alpha value is -0.370. The van der Waals surface area contributed by atoms with E-state index in [-0.39, 0.29) is 5.41 Å². The fourth-order valence-electron chi connectivity index (χ4n) is 3.07. The van der Waals surface area contributed by atoms with Crippen LogP contribution in [0.5, 0.6) is 0 Å². The number of Topliss-reactive ketones (excluding diaryl/α,β-unsaturated/α-hetero) is 1. The number of carbonyl (C=O) groups excluding carboxylic acids is 1. The molecule has 0 bridgehead atoms. The number of unbranched alkanes of at least 4 members (excludes halogenated alkanes) is 4. The maximum Gasteiger partial charge on any atom is 0.140 e. The molecule has 0 unspecified atom stereocenters. The Bertz CT molecular complexity index is 241. The van der Waals surface area contributed by atoms with Gasteiger partial charge in [-0.25, -0.2) is 0 Å². The van der Waals surface area contributed by atoms with Gasteiger partial charge in [-0.1, -0.05) is 39.5 Å². The van der Waals surface area contributed by atoms with Crippen molar-refractivity contribution in [3.8, 4) is 0 Å². The highest BCUT2D eigenvalue weighted by Gasteiger charge is 2.38. The van der Waals surface area contributed by atoms with E-state index in [1.165, 1.54) is 38.5 Å². The van der Waals surface area contributed by atoms with Gasteiger partial charge >= 0.3 is 0 Å². The molecule has 0 amide bonds. The Balaban J connectivity index is 2.33. The van der Waals surface area contributed by atoms with E-state index in [1.54, 1.807) is 0 Å². The van der Waals surface area contributed by atoms with Crippen molar-refractivity contribution in [1.82, 2.24) is 0 Å². The van der Waals surface area contributed by atoms with Crippen LogP contribution in [-0.4, -0.2) is 12.3 Å². The molecule has 106 valence electrons. The number of hydrogen-bond acceptors (Lipinski definition) is 2. The minimum atomic E-state index is -0.155. The summed E-state index contributed by atoms with van der Waals surface area (Å²) in [5.41, 5.74) is 5.76. The second kappa shape index (κ2) is 7.93. The van der Waals surface area contributed by atoms with Crippen LogP contribution < -0.4 is 5.73 Å². The number of rotatable bonds is 8. The summed E-state index contributed by atoms with van der Waals surface area (Å²) in [5, 5.41) is 0. The second-order valence-electron chi connectivity index (χ2n) is 6.25. The molecule has 2 nitrogen and oxygen atoms in total. The molecule has 1 aliphatic rings. The molecule has 0 aromatic carbocycles. The molecule has 0 aromatic heterocycles. The average Bonchev–Trinajstić information content (AvgIpc) is 2.39. The van der Waals surface area contributed by atoms with Gasteiger partial charge in [0.05, 0.1) is 0 Å². The van der Waals surface area contributed by atoms with Crippen molar-refractivity contribution in [1.29, 1.82) is 0 Å². The molecule has 0 saturated heterocycles. The SMILES string of the molecule is CCCCCCCC(=O)C1(CN)CCC(C)CC1. The van der Waals surface area contributed by atoms with Gasteiger partial charge in [0, 0.05) is 18.4 Å². The van der Waals surface area contributed by atoms with Gasteiger partial charge in [-0.3, -0.25) is 4.79 Å². The number of hydrogen-bond donors (Lipinski definition) is 1. The van der Waals surface area contributed by atoms with Crippen LogP contribution in [0.15, 0.2) is 0 Å². The first-order chi connectivity index (χ1) is 8.64. The van der Waals surface area contributed by atoms with Gasteiger partial charge < -0.3 is 5.73 Å².